The van der Waals surface area contributed by atoms with Crippen molar-refractivity contribution in [2.45, 2.75) is 39.8 Å². The molecule has 0 saturated carbocycles. The molecule has 4 heteroatoms. The molecule has 0 fully saturated rings. The predicted molar refractivity (Wildman–Crippen MR) is 77.5 cm³/mol. The number of aromatic nitrogens is 2. The molecular weight excluding hydrogens is 260 g/mol. The number of aliphatic hydroxyl groups excluding tert-OH is 1. The van der Waals surface area contributed by atoms with Crippen LogP contribution in [0.1, 0.15) is 35.4 Å². The van der Waals surface area contributed by atoms with Gasteiger partial charge in [0.2, 0.25) is 0 Å². The molecule has 1 aromatic heterocycles. The Kier molecular flexibility index (Phi) is 4.27. The van der Waals surface area contributed by atoms with E-state index in [1.807, 2.05) is 13.0 Å². The summed E-state index contributed by atoms with van der Waals surface area (Å²) in [5.41, 5.74) is 4.30. The molecule has 1 N–H and O–H groups in total. The van der Waals surface area contributed by atoms with Gasteiger partial charge >= 0.3 is 0 Å². The van der Waals surface area contributed by atoms with Gasteiger partial charge in [0.25, 0.3) is 0 Å². The van der Waals surface area contributed by atoms with E-state index >= 15 is 0 Å². The second kappa shape index (κ2) is 5.76. The highest BCUT2D eigenvalue weighted by Crippen LogP contribution is 2.26. The van der Waals surface area contributed by atoms with Crippen LogP contribution in [0.5, 0.6) is 0 Å². The van der Waals surface area contributed by atoms with Gasteiger partial charge in [-0.2, -0.15) is 5.10 Å². The van der Waals surface area contributed by atoms with Crippen LogP contribution in [0, 0.1) is 13.8 Å². The van der Waals surface area contributed by atoms with E-state index in [2.05, 4.69) is 31.1 Å². The summed E-state index contributed by atoms with van der Waals surface area (Å²) in [6.45, 7) is 6.84. The number of halogens is 1. The summed E-state index contributed by atoms with van der Waals surface area (Å²) in [5.74, 6) is 0. The normalized spacial score (nSPS) is 12.7. The molecule has 0 radical (unpaired) electrons. The summed E-state index contributed by atoms with van der Waals surface area (Å²) in [4.78, 5) is 0. The highest BCUT2D eigenvalue weighted by atomic mass is 35.5. The highest BCUT2D eigenvalue weighted by Gasteiger charge is 2.18. The average molecular weight is 279 g/mol. The molecule has 0 bridgehead atoms. The molecule has 0 aliphatic rings. The maximum absolute atomic E-state index is 10.4. The van der Waals surface area contributed by atoms with Gasteiger partial charge < -0.3 is 5.11 Å². The molecule has 102 valence electrons. The molecule has 0 aliphatic heterocycles. The van der Waals surface area contributed by atoms with Crippen molar-refractivity contribution in [1.29, 1.82) is 0 Å². The van der Waals surface area contributed by atoms with Crippen LogP contribution in [-0.2, 0) is 13.0 Å². The fourth-order valence-electron chi connectivity index (χ4n) is 2.21. The molecule has 0 spiro atoms. The Hall–Kier alpha value is -1.32. The van der Waals surface area contributed by atoms with Crippen LogP contribution in [0.15, 0.2) is 24.4 Å². The van der Waals surface area contributed by atoms with Crippen LogP contribution in [0.2, 0.25) is 5.02 Å². The quantitative estimate of drug-likeness (QED) is 0.930. The second-order valence-corrected chi connectivity index (χ2v) is 5.24. The van der Waals surface area contributed by atoms with Crippen LogP contribution < -0.4 is 0 Å². The molecule has 3 nitrogen and oxygen atoms in total. The van der Waals surface area contributed by atoms with E-state index in [1.54, 1.807) is 10.9 Å². The summed E-state index contributed by atoms with van der Waals surface area (Å²) in [7, 11) is 0. The first kappa shape index (κ1) is 14.1. The van der Waals surface area contributed by atoms with E-state index in [0.717, 1.165) is 5.56 Å². The van der Waals surface area contributed by atoms with E-state index in [0.29, 0.717) is 23.7 Å². The maximum Gasteiger partial charge on any atom is 0.101 e. The van der Waals surface area contributed by atoms with E-state index in [-0.39, 0.29) is 0 Å². The summed E-state index contributed by atoms with van der Waals surface area (Å²) in [6.07, 6.45) is 1.51. The Labute approximate surface area is 118 Å². The van der Waals surface area contributed by atoms with Gasteiger partial charge in [-0.25, -0.2) is 0 Å². The Morgan fingerprint density at radius 2 is 2.05 bits per heavy atom. The van der Waals surface area contributed by atoms with Gasteiger partial charge in [-0.05, 0) is 37.5 Å². The van der Waals surface area contributed by atoms with E-state index in [9.17, 15) is 5.11 Å². The first-order valence-corrected chi connectivity index (χ1v) is 6.86. The molecule has 1 heterocycles. The molecule has 1 unspecified atom stereocenters. The topological polar surface area (TPSA) is 38.0 Å². The zero-order chi connectivity index (χ0) is 14.0. The number of hydrogen-bond donors (Lipinski definition) is 1. The van der Waals surface area contributed by atoms with Gasteiger partial charge in [0.1, 0.15) is 6.10 Å². The Morgan fingerprint density at radius 1 is 1.32 bits per heavy atom. The number of aryl methyl sites for hydroxylation is 3. The van der Waals surface area contributed by atoms with Crippen molar-refractivity contribution in [2.75, 3.05) is 0 Å². The van der Waals surface area contributed by atoms with Crippen molar-refractivity contribution in [3.05, 3.63) is 51.8 Å². The van der Waals surface area contributed by atoms with Crippen molar-refractivity contribution in [3.8, 4) is 0 Å². The standard InChI is InChI=1S/C15H19ClN2O/c1-4-18-15(13(16)9-17-18)14(19)8-12-6-5-10(2)11(3)7-12/h5-7,9,14,19H,4,8H2,1-3H3. The van der Waals surface area contributed by atoms with E-state index < -0.39 is 6.10 Å². The zero-order valence-electron chi connectivity index (χ0n) is 11.5. The van der Waals surface area contributed by atoms with Crippen molar-refractivity contribution in [2.24, 2.45) is 0 Å². The van der Waals surface area contributed by atoms with Crippen LogP contribution in [0.3, 0.4) is 0 Å². The number of benzene rings is 1. The number of aliphatic hydroxyl groups is 1. The zero-order valence-corrected chi connectivity index (χ0v) is 12.3. The lowest BCUT2D eigenvalue weighted by Gasteiger charge is -2.14. The van der Waals surface area contributed by atoms with Crippen LogP contribution in [-0.4, -0.2) is 14.9 Å². The van der Waals surface area contributed by atoms with E-state index in [4.69, 9.17) is 11.6 Å². The first-order valence-electron chi connectivity index (χ1n) is 6.48. The second-order valence-electron chi connectivity index (χ2n) is 4.83. The summed E-state index contributed by atoms with van der Waals surface area (Å²) >= 11 is 6.10. The SMILES string of the molecule is CCn1ncc(Cl)c1C(O)Cc1ccc(C)c(C)c1. The van der Waals surface area contributed by atoms with Crippen molar-refractivity contribution < 1.29 is 5.11 Å². The predicted octanol–water partition coefficient (Wildman–Crippen LogP) is 3.45. The highest BCUT2D eigenvalue weighted by molar-refractivity contribution is 6.31. The Balaban J connectivity index is 2.22. The average Bonchev–Trinajstić information content (AvgIpc) is 2.75. The minimum Gasteiger partial charge on any atom is -0.386 e. The third kappa shape index (κ3) is 2.99. The van der Waals surface area contributed by atoms with Crippen molar-refractivity contribution in [3.63, 3.8) is 0 Å². The van der Waals surface area contributed by atoms with E-state index in [1.165, 1.54) is 11.1 Å². The molecule has 2 aromatic rings. The number of nitrogens with zero attached hydrogens (tertiary/aromatic N) is 2. The molecule has 0 aliphatic carbocycles. The molecule has 1 aromatic carbocycles. The van der Waals surface area contributed by atoms with Crippen LogP contribution >= 0.6 is 11.6 Å². The van der Waals surface area contributed by atoms with Crippen molar-refractivity contribution >= 4 is 11.6 Å². The lowest BCUT2D eigenvalue weighted by Crippen LogP contribution is -2.10. The number of hydrogen-bond acceptors (Lipinski definition) is 2. The monoisotopic (exact) mass is 278 g/mol. The molecule has 1 atom stereocenters. The van der Waals surface area contributed by atoms with Crippen LogP contribution in [0.25, 0.3) is 0 Å². The minimum absolute atomic E-state index is 0.526. The van der Waals surface area contributed by atoms with Gasteiger partial charge in [-0.15, -0.1) is 0 Å². The third-order valence-corrected chi connectivity index (χ3v) is 3.74. The minimum atomic E-state index is -0.628. The summed E-state index contributed by atoms with van der Waals surface area (Å²) in [5, 5.41) is 15.0. The molecule has 0 amide bonds. The fraction of sp³-hybridized carbons (Fsp3) is 0.400. The fourth-order valence-corrected chi connectivity index (χ4v) is 2.47. The molecule has 0 saturated heterocycles. The summed E-state index contributed by atoms with van der Waals surface area (Å²) in [6, 6.07) is 6.24. The maximum atomic E-state index is 10.4. The molecular formula is C15H19ClN2O. The molecule has 19 heavy (non-hydrogen) atoms. The Bertz CT molecular complexity index is 578. The van der Waals surface area contributed by atoms with Gasteiger partial charge in [0.15, 0.2) is 0 Å². The Morgan fingerprint density at radius 3 is 2.68 bits per heavy atom. The van der Waals surface area contributed by atoms with Gasteiger partial charge in [0, 0.05) is 13.0 Å². The third-order valence-electron chi connectivity index (χ3n) is 3.45. The lowest BCUT2D eigenvalue weighted by molar-refractivity contribution is 0.167. The lowest BCUT2D eigenvalue weighted by atomic mass is 10.0. The van der Waals surface area contributed by atoms with Gasteiger partial charge in [-0.3, -0.25) is 4.68 Å². The van der Waals surface area contributed by atoms with Gasteiger partial charge in [-0.1, -0.05) is 29.8 Å². The van der Waals surface area contributed by atoms with Gasteiger partial charge in [0.05, 0.1) is 16.9 Å². The van der Waals surface area contributed by atoms with Crippen molar-refractivity contribution in [1.82, 2.24) is 9.78 Å². The largest absolute Gasteiger partial charge is 0.386 e. The molecule has 2 rings (SSSR count). The first-order chi connectivity index (χ1) is 9.02. The van der Waals surface area contributed by atoms with Crippen LogP contribution in [0.4, 0.5) is 0 Å². The summed E-state index contributed by atoms with van der Waals surface area (Å²) < 4.78 is 1.74. The smallest absolute Gasteiger partial charge is 0.101 e. The number of rotatable bonds is 4.